The summed E-state index contributed by atoms with van der Waals surface area (Å²) in [6.45, 7) is 0. The van der Waals surface area contributed by atoms with Crippen LogP contribution in [0.25, 0.3) is 67.3 Å². The number of hydrogen-bond acceptors (Lipinski definition) is 10. The summed E-state index contributed by atoms with van der Waals surface area (Å²) >= 11 is 37.5. The van der Waals surface area contributed by atoms with E-state index in [0.717, 1.165) is 0 Å². The summed E-state index contributed by atoms with van der Waals surface area (Å²) in [5.74, 6) is -0.864. The Bertz CT molecular complexity index is 2310. The van der Waals surface area contributed by atoms with E-state index >= 15 is 0 Å². The molecule has 0 N–H and O–H groups in total. The molecule has 0 spiro atoms. The lowest BCUT2D eigenvalue weighted by Gasteiger charge is -2.09. The van der Waals surface area contributed by atoms with Crippen molar-refractivity contribution in [1.29, 1.82) is 0 Å². The third-order valence-electron chi connectivity index (χ3n) is 6.59. The summed E-state index contributed by atoms with van der Waals surface area (Å²) in [6, 6.07) is 11.2. The van der Waals surface area contributed by atoms with E-state index in [1.165, 1.54) is 48.5 Å². The predicted molar refractivity (Wildman–Crippen MR) is 172 cm³/mol. The normalized spacial score (nSPS) is 11.6. The third kappa shape index (κ3) is 5.04. The summed E-state index contributed by atoms with van der Waals surface area (Å²) in [6.07, 6.45) is 0. The van der Waals surface area contributed by atoms with Gasteiger partial charge in [0.15, 0.2) is 0 Å². The molecule has 0 unspecified atom stereocenters. The maximum atomic E-state index is 12.9. The monoisotopic (exact) mass is 718 g/mol. The molecule has 7 rings (SSSR count). The van der Waals surface area contributed by atoms with Crippen LogP contribution in [0.2, 0.25) is 30.1 Å². The van der Waals surface area contributed by atoms with E-state index in [0.29, 0.717) is 0 Å². The van der Waals surface area contributed by atoms with Crippen molar-refractivity contribution in [1.82, 2.24) is 19.9 Å². The maximum absolute atomic E-state index is 12.9. The highest BCUT2D eigenvalue weighted by Gasteiger charge is 2.22. The average molecular weight is 721 g/mol. The van der Waals surface area contributed by atoms with E-state index in [9.17, 15) is 14.4 Å². The van der Waals surface area contributed by atoms with Crippen molar-refractivity contribution in [3.8, 4) is 34.6 Å². The standard InChI is InChI=1S/C29H8Cl6N4O6/c30-13-4-1-10-21(18(13)33)37-24(43-27(10)40)9-7-16(25-38-22-11(28(41)44-25)2-5-14(31)19(22)34)36-17(8-9)26-39-23-12(29(42)45-26)3-6-15(32)20(23)35/h1-8H. The van der Waals surface area contributed by atoms with E-state index < -0.39 is 16.9 Å². The number of hydrogen-bond donors (Lipinski definition) is 0. The van der Waals surface area contributed by atoms with Crippen molar-refractivity contribution < 1.29 is 13.3 Å². The van der Waals surface area contributed by atoms with Gasteiger partial charge in [0.1, 0.15) is 27.9 Å². The molecule has 0 aliphatic heterocycles. The first kappa shape index (κ1) is 29.7. The summed E-state index contributed by atoms with van der Waals surface area (Å²) in [5.41, 5.74) is -2.33. The van der Waals surface area contributed by atoms with Crippen molar-refractivity contribution in [2.75, 3.05) is 0 Å². The van der Waals surface area contributed by atoms with Crippen molar-refractivity contribution in [3.05, 3.63) is 110 Å². The first-order valence-corrected chi connectivity index (χ1v) is 14.7. The van der Waals surface area contributed by atoms with Crippen LogP contribution in [-0.2, 0) is 0 Å². The quantitative estimate of drug-likeness (QED) is 0.174. The van der Waals surface area contributed by atoms with E-state index in [1.54, 1.807) is 0 Å². The van der Waals surface area contributed by atoms with Crippen LogP contribution in [0.1, 0.15) is 0 Å². The summed E-state index contributed by atoms with van der Waals surface area (Å²) < 4.78 is 16.5. The van der Waals surface area contributed by atoms with Gasteiger partial charge in [0, 0.05) is 5.56 Å². The first-order valence-electron chi connectivity index (χ1n) is 12.4. The number of benzene rings is 3. The molecule has 4 heterocycles. The van der Waals surface area contributed by atoms with Crippen molar-refractivity contribution in [2.24, 2.45) is 0 Å². The molecule has 7 aromatic rings. The summed E-state index contributed by atoms with van der Waals surface area (Å²) in [7, 11) is 0. The Hall–Kier alpha value is -4.03. The fourth-order valence-corrected chi connectivity index (χ4v) is 5.54. The number of nitrogens with zero attached hydrogens (tertiary/aromatic N) is 4. The van der Waals surface area contributed by atoms with E-state index in [2.05, 4.69) is 19.9 Å². The lowest BCUT2D eigenvalue weighted by atomic mass is 10.1. The zero-order valence-corrected chi connectivity index (χ0v) is 26.2. The molecule has 0 aliphatic rings. The third-order valence-corrected chi connectivity index (χ3v) is 8.97. The van der Waals surface area contributed by atoms with Crippen LogP contribution in [0, 0.1) is 0 Å². The van der Waals surface area contributed by atoms with Gasteiger partial charge in [-0.2, -0.15) is 0 Å². The van der Waals surface area contributed by atoms with Gasteiger partial charge in [0.25, 0.3) is 0 Å². The van der Waals surface area contributed by atoms with Gasteiger partial charge in [0.05, 0.1) is 46.3 Å². The molecule has 0 bridgehead atoms. The van der Waals surface area contributed by atoms with Gasteiger partial charge in [-0.15, -0.1) is 0 Å². The molecule has 0 atom stereocenters. The minimum Gasteiger partial charge on any atom is -0.403 e. The molecule has 10 nitrogen and oxygen atoms in total. The van der Waals surface area contributed by atoms with E-state index in [-0.39, 0.29) is 97.5 Å². The van der Waals surface area contributed by atoms with Gasteiger partial charge < -0.3 is 13.3 Å². The van der Waals surface area contributed by atoms with Crippen LogP contribution >= 0.6 is 69.6 Å². The van der Waals surface area contributed by atoms with Gasteiger partial charge in [-0.25, -0.2) is 34.3 Å². The molecule has 16 heteroatoms. The smallest absolute Gasteiger partial charge is 0.347 e. The zero-order chi connectivity index (χ0) is 31.7. The number of aromatic nitrogens is 4. The van der Waals surface area contributed by atoms with Crippen molar-refractivity contribution >= 4 is 102 Å². The average Bonchev–Trinajstić information content (AvgIpc) is 3.02. The Morgan fingerprint density at radius 3 is 1.16 bits per heavy atom. The fourth-order valence-electron chi connectivity index (χ4n) is 4.46. The molecule has 45 heavy (non-hydrogen) atoms. The fraction of sp³-hybridized carbons (Fsp3) is 0. The molecular weight excluding hydrogens is 713 g/mol. The lowest BCUT2D eigenvalue weighted by molar-refractivity contribution is 0.511. The molecule has 0 saturated heterocycles. The largest absolute Gasteiger partial charge is 0.403 e. The summed E-state index contributed by atoms with van der Waals surface area (Å²) in [4.78, 5) is 56.4. The van der Waals surface area contributed by atoms with Crippen LogP contribution in [0.15, 0.2) is 76.2 Å². The molecular formula is C29H8Cl6N4O6. The van der Waals surface area contributed by atoms with Gasteiger partial charge in [-0.05, 0) is 48.5 Å². The molecule has 3 aromatic carbocycles. The predicted octanol–water partition coefficient (Wildman–Crippen LogP) is 8.51. The van der Waals surface area contributed by atoms with E-state index in [1.807, 2.05) is 0 Å². The van der Waals surface area contributed by atoms with Crippen LogP contribution in [0.5, 0.6) is 0 Å². The second-order valence-corrected chi connectivity index (χ2v) is 11.7. The minimum atomic E-state index is -0.795. The van der Waals surface area contributed by atoms with Crippen LogP contribution in [-0.4, -0.2) is 19.9 Å². The molecule has 222 valence electrons. The molecule has 0 aliphatic carbocycles. The molecule has 0 radical (unpaired) electrons. The van der Waals surface area contributed by atoms with Crippen molar-refractivity contribution in [3.63, 3.8) is 0 Å². The maximum Gasteiger partial charge on any atom is 0.347 e. The second kappa shape index (κ2) is 11.1. The zero-order valence-electron chi connectivity index (χ0n) is 21.6. The summed E-state index contributed by atoms with van der Waals surface area (Å²) in [5, 5.41) is 0.658. The van der Waals surface area contributed by atoms with Gasteiger partial charge in [-0.1, -0.05) is 69.6 Å². The lowest BCUT2D eigenvalue weighted by Crippen LogP contribution is -2.07. The highest BCUT2D eigenvalue weighted by molar-refractivity contribution is 6.46. The highest BCUT2D eigenvalue weighted by Crippen LogP contribution is 2.35. The number of rotatable bonds is 3. The Kier molecular flexibility index (Phi) is 7.31. The van der Waals surface area contributed by atoms with Crippen LogP contribution in [0.4, 0.5) is 0 Å². The topological polar surface area (TPSA) is 142 Å². The van der Waals surface area contributed by atoms with E-state index in [4.69, 9.17) is 82.9 Å². The Labute approximate surface area is 278 Å². The first-order chi connectivity index (χ1) is 21.5. The SMILES string of the molecule is O=c1oc(-c2cc(-c3nc4c(Cl)c(Cl)ccc4c(=O)o3)nc(-c3nc4c(Cl)c(Cl)ccc4c(=O)o3)c2)nc2c(Cl)c(Cl)ccc12. The molecule has 0 amide bonds. The second-order valence-electron chi connectivity index (χ2n) is 9.32. The van der Waals surface area contributed by atoms with Gasteiger partial charge in [0.2, 0.25) is 17.7 Å². The number of fused-ring (bicyclic) bond motifs is 3. The van der Waals surface area contributed by atoms with Crippen LogP contribution < -0.4 is 16.9 Å². The number of halogens is 6. The van der Waals surface area contributed by atoms with Crippen LogP contribution in [0.3, 0.4) is 0 Å². The van der Waals surface area contributed by atoms with Gasteiger partial charge >= 0.3 is 16.9 Å². The van der Waals surface area contributed by atoms with Gasteiger partial charge in [-0.3, -0.25) is 0 Å². The molecule has 0 saturated carbocycles. The molecule has 0 fully saturated rings. The molecule has 4 aromatic heterocycles. The van der Waals surface area contributed by atoms with Crippen molar-refractivity contribution in [2.45, 2.75) is 0 Å². The minimum absolute atomic E-state index is 0.00196. The Balaban J connectivity index is 1.54. The Morgan fingerprint density at radius 2 is 0.778 bits per heavy atom. The highest BCUT2D eigenvalue weighted by atomic mass is 35.5. The number of pyridine rings is 1. The Morgan fingerprint density at radius 1 is 0.444 bits per heavy atom.